The van der Waals surface area contributed by atoms with Crippen molar-refractivity contribution < 1.29 is 9.21 Å². The average molecular weight is 488 g/mol. The zero-order valence-electron chi connectivity index (χ0n) is 17.4. The summed E-state index contributed by atoms with van der Waals surface area (Å²) in [5.41, 5.74) is 4.68. The molecule has 4 heterocycles. The molecule has 0 saturated carbocycles. The lowest BCUT2D eigenvalue weighted by Gasteiger charge is -2.42. The minimum Gasteiger partial charge on any atom is -0.444 e. The molecule has 1 aliphatic rings. The van der Waals surface area contributed by atoms with Gasteiger partial charge in [-0.2, -0.15) is 0 Å². The number of rotatable bonds is 3. The second kappa shape index (κ2) is 7.41. The van der Waals surface area contributed by atoms with E-state index in [1.54, 1.807) is 12.1 Å². The molecule has 2 aromatic carbocycles. The number of fused-ring (bicyclic) bond motifs is 2. The number of para-hydroxylation sites is 2. The van der Waals surface area contributed by atoms with E-state index >= 15 is 0 Å². The summed E-state index contributed by atoms with van der Waals surface area (Å²) in [4.78, 5) is 21.9. The second-order valence-corrected chi connectivity index (χ2v) is 9.26. The molecular formula is C26H22BrN3O2. The summed E-state index contributed by atoms with van der Waals surface area (Å²) >= 11 is 3.30. The first-order valence-corrected chi connectivity index (χ1v) is 11.6. The van der Waals surface area contributed by atoms with Crippen LogP contribution in [0, 0.1) is 0 Å². The van der Waals surface area contributed by atoms with Crippen molar-refractivity contribution >= 4 is 43.6 Å². The Hall–Kier alpha value is -3.25. The highest BCUT2D eigenvalue weighted by atomic mass is 79.9. The van der Waals surface area contributed by atoms with Crippen LogP contribution in [0.25, 0.3) is 21.8 Å². The topological polar surface area (TPSA) is 65.0 Å². The van der Waals surface area contributed by atoms with E-state index in [-0.39, 0.29) is 11.3 Å². The summed E-state index contributed by atoms with van der Waals surface area (Å²) in [6, 6.07) is 20.4. The number of carbonyl (C=O) groups excluding carboxylic acids is 1. The highest BCUT2D eigenvalue weighted by Gasteiger charge is 2.42. The number of carbonyl (C=O) groups is 1. The number of H-pyrrole nitrogens is 2. The quantitative estimate of drug-likeness (QED) is 0.316. The molecule has 0 bridgehead atoms. The SMILES string of the molecule is O=C(c1ccc(Br)o1)N1CCC(c2c[nH]c3ccccc23)(c2c[nH]c3ccccc23)CC1. The molecule has 6 rings (SSSR count). The van der Waals surface area contributed by atoms with E-state index in [4.69, 9.17) is 4.42 Å². The fraction of sp³-hybridized carbons (Fsp3) is 0.192. The van der Waals surface area contributed by atoms with Crippen molar-refractivity contribution in [1.29, 1.82) is 0 Å². The highest BCUT2D eigenvalue weighted by molar-refractivity contribution is 9.10. The fourth-order valence-electron chi connectivity index (χ4n) is 5.30. The molecule has 2 N–H and O–H groups in total. The zero-order chi connectivity index (χ0) is 21.7. The molecule has 160 valence electrons. The normalized spacial score (nSPS) is 16.1. The van der Waals surface area contributed by atoms with Crippen LogP contribution in [0.15, 0.2) is 82.1 Å². The van der Waals surface area contributed by atoms with Crippen LogP contribution in [0.1, 0.15) is 34.5 Å². The van der Waals surface area contributed by atoms with Gasteiger partial charge in [-0.05, 0) is 64.2 Å². The van der Waals surface area contributed by atoms with Crippen LogP contribution < -0.4 is 0 Å². The van der Waals surface area contributed by atoms with Gasteiger partial charge in [0.15, 0.2) is 10.4 Å². The first-order valence-electron chi connectivity index (χ1n) is 10.8. The molecule has 3 aromatic heterocycles. The summed E-state index contributed by atoms with van der Waals surface area (Å²) in [5, 5.41) is 2.49. The van der Waals surface area contributed by atoms with Gasteiger partial charge in [-0.25, -0.2) is 0 Å². The van der Waals surface area contributed by atoms with Gasteiger partial charge >= 0.3 is 0 Å². The Morgan fingerprint density at radius 3 is 1.94 bits per heavy atom. The van der Waals surface area contributed by atoms with Crippen LogP contribution in [-0.2, 0) is 5.41 Å². The van der Waals surface area contributed by atoms with E-state index in [1.165, 1.54) is 21.9 Å². The molecule has 0 atom stereocenters. The van der Waals surface area contributed by atoms with E-state index in [2.05, 4.69) is 86.8 Å². The maximum atomic E-state index is 13.0. The molecule has 0 radical (unpaired) electrons. The van der Waals surface area contributed by atoms with Gasteiger partial charge in [0, 0.05) is 52.7 Å². The van der Waals surface area contributed by atoms with Gasteiger partial charge in [0.05, 0.1) is 0 Å². The standard InChI is InChI=1S/C26H22BrN3O2/c27-24-10-9-23(32-24)25(31)30-13-11-26(12-14-30,19-15-28-21-7-3-1-5-17(19)21)20-16-29-22-8-4-2-6-18(20)22/h1-10,15-16,28-29H,11-14H2. The number of aromatic amines is 2. The molecule has 1 aliphatic heterocycles. The van der Waals surface area contributed by atoms with Crippen molar-refractivity contribution in [3.63, 3.8) is 0 Å². The van der Waals surface area contributed by atoms with E-state index < -0.39 is 0 Å². The molecule has 5 aromatic rings. The number of hydrogen-bond acceptors (Lipinski definition) is 2. The van der Waals surface area contributed by atoms with E-state index in [0.717, 1.165) is 23.9 Å². The molecule has 32 heavy (non-hydrogen) atoms. The number of benzene rings is 2. The number of hydrogen-bond donors (Lipinski definition) is 2. The summed E-state index contributed by atoms with van der Waals surface area (Å²) in [7, 11) is 0. The Kier molecular flexibility index (Phi) is 4.50. The molecule has 6 heteroatoms. The van der Waals surface area contributed by atoms with E-state index in [9.17, 15) is 4.79 Å². The first-order chi connectivity index (χ1) is 15.7. The number of amides is 1. The van der Waals surface area contributed by atoms with E-state index in [1.807, 2.05) is 4.90 Å². The van der Waals surface area contributed by atoms with Gasteiger partial charge in [0.2, 0.25) is 0 Å². The van der Waals surface area contributed by atoms with Crippen molar-refractivity contribution in [2.75, 3.05) is 13.1 Å². The largest absolute Gasteiger partial charge is 0.444 e. The van der Waals surface area contributed by atoms with Crippen molar-refractivity contribution in [3.05, 3.63) is 94.6 Å². The Labute approximate surface area is 193 Å². The Morgan fingerprint density at radius 2 is 1.41 bits per heavy atom. The summed E-state index contributed by atoms with van der Waals surface area (Å²) < 4.78 is 6.10. The van der Waals surface area contributed by atoms with Gasteiger partial charge in [-0.15, -0.1) is 0 Å². The molecule has 5 nitrogen and oxygen atoms in total. The third-order valence-electron chi connectivity index (χ3n) is 6.90. The van der Waals surface area contributed by atoms with Crippen LogP contribution in [0.3, 0.4) is 0 Å². The Bertz CT molecular complexity index is 1360. The average Bonchev–Trinajstić information content (AvgIpc) is 3.57. The van der Waals surface area contributed by atoms with Gasteiger partial charge in [0.25, 0.3) is 5.91 Å². The lowest BCUT2D eigenvalue weighted by Crippen LogP contribution is -2.45. The van der Waals surface area contributed by atoms with Crippen molar-refractivity contribution in [2.45, 2.75) is 18.3 Å². The van der Waals surface area contributed by atoms with Crippen LogP contribution in [0.4, 0.5) is 0 Å². The smallest absolute Gasteiger partial charge is 0.289 e. The number of piperidine rings is 1. The Morgan fingerprint density at radius 1 is 0.844 bits per heavy atom. The molecule has 0 spiro atoms. The lowest BCUT2D eigenvalue weighted by atomic mass is 9.68. The number of nitrogens with zero attached hydrogens (tertiary/aromatic N) is 1. The van der Waals surface area contributed by atoms with Crippen molar-refractivity contribution in [3.8, 4) is 0 Å². The minimum absolute atomic E-state index is 0.0536. The van der Waals surface area contributed by atoms with Crippen molar-refractivity contribution in [2.24, 2.45) is 0 Å². The minimum atomic E-state index is -0.195. The molecule has 0 unspecified atom stereocenters. The molecule has 1 saturated heterocycles. The Balaban J connectivity index is 1.44. The second-order valence-electron chi connectivity index (χ2n) is 8.47. The monoisotopic (exact) mass is 487 g/mol. The third kappa shape index (κ3) is 2.93. The zero-order valence-corrected chi connectivity index (χ0v) is 19.0. The van der Waals surface area contributed by atoms with Gasteiger partial charge in [-0.1, -0.05) is 36.4 Å². The first kappa shape index (κ1) is 19.4. The number of aromatic nitrogens is 2. The van der Waals surface area contributed by atoms with Gasteiger partial charge in [0.1, 0.15) is 0 Å². The highest BCUT2D eigenvalue weighted by Crippen LogP contribution is 2.47. The lowest BCUT2D eigenvalue weighted by molar-refractivity contribution is 0.0653. The van der Waals surface area contributed by atoms with Crippen LogP contribution in [0.2, 0.25) is 0 Å². The third-order valence-corrected chi connectivity index (χ3v) is 7.32. The molecular weight excluding hydrogens is 466 g/mol. The maximum Gasteiger partial charge on any atom is 0.289 e. The predicted molar refractivity (Wildman–Crippen MR) is 129 cm³/mol. The van der Waals surface area contributed by atoms with Gasteiger partial charge < -0.3 is 19.3 Å². The molecule has 1 amide bonds. The van der Waals surface area contributed by atoms with Crippen LogP contribution in [-0.4, -0.2) is 33.9 Å². The van der Waals surface area contributed by atoms with Gasteiger partial charge in [-0.3, -0.25) is 4.79 Å². The summed E-state index contributed by atoms with van der Waals surface area (Å²) in [6.07, 6.45) is 6.00. The number of halogens is 1. The van der Waals surface area contributed by atoms with Crippen LogP contribution >= 0.6 is 15.9 Å². The number of furan rings is 1. The molecule has 1 fully saturated rings. The number of nitrogens with one attached hydrogen (secondary N) is 2. The van der Waals surface area contributed by atoms with Crippen molar-refractivity contribution in [1.82, 2.24) is 14.9 Å². The predicted octanol–water partition coefficient (Wildman–Crippen LogP) is 6.23. The summed E-state index contributed by atoms with van der Waals surface area (Å²) in [6.45, 7) is 1.33. The van der Waals surface area contributed by atoms with Crippen LogP contribution in [0.5, 0.6) is 0 Å². The van der Waals surface area contributed by atoms with E-state index in [0.29, 0.717) is 23.5 Å². The maximum absolute atomic E-state index is 13.0. The summed E-state index contributed by atoms with van der Waals surface area (Å²) in [5.74, 6) is 0.325. The molecule has 0 aliphatic carbocycles. The number of likely N-dealkylation sites (tertiary alicyclic amines) is 1. The fourth-order valence-corrected chi connectivity index (χ4v) is 5.60.